The Kier molecular flexibility index (Phi) is 4.75. The smallest absolute Gasteiger partial charge is 0.243 e. The monoisotopic (exact) mass is 394 g/mol. The maximum atomic E-state index is 12.7. The zero-order valence-corrected chi connectivity index (χ0v) is 15.3. The molecule has 1 saturated heterocycles. The molecule has 1 aliphatic heterocycles. The third-order valence-corrected chi connectivity index (χ3v) is 6.43. The summed E-state index contributed by atoms with van der Waals surface area (Å²) in [6, 6.07) is 15.2. The Hall–Kier alpha value is -1.37. The predicted molar refractivity (Wildman–Crippen MR) is 96.3 cm³/mol. The van der Waals surface area contributed by atoms with Crippen LogP contribution in [0.25, 0.3) is 0 Å². The van der Waals surface area contributed by atoms with Crippen LogP contribution in [0.5, 0.6) is 0 Å². The maximum absolute atomic E-state index is 12.7. The molecule has 0 atom stereocenters. The van der Waals surface area contributed by atoms with Crippen LogP contribution < -0.4 is 4.90 Å². The van der Waals surface area contributed by atoms with Crippen LogP contribution in [0.1, 0.15) is 5.56 Å². The molecule has 0 radical (unpaired) electrons. The second-order valence-electron chi connectivity index (χ2n) is 5.69. The fraction of sp³-hybridized carbons (Fsp3) is 0.294. The summed E-state index contributed by atoms with van der Waals surface area (Å²) in [4.78, 5) is 2.60. The predicted octanol–water partition coefficient (Wildman–Crippen LogP) is 3.27. The van der Waals surface area contributed by atoms with Crippen molar-refractivity contribution in [3.63, 3.8) is 0 Å². The molecule has 3 rings (SSSR count). The van der Waals surface area contributed by atoms with E-state index in [1.165, 1.54) is 0 Å². The quantitative estimate of drug-likeness (QED) is 0.801. The fourth-order valence-electron chi connectivity index (χ4n) is 2.78. The highest BCUT2D eigenvalue weighted by Crippen LogP contribution is 2.23. The Balaban J connectivity index is 1.73. The molecule has 6 heteroatoms. The number of hydrogen-bond acceptors (Lipinski definition) is 3. The third-order valence-electron chi connectivity index (χ3n) is 4.04. The van der Waals surface area contributed by atoms with E-state index in [1.807, 2.05) is 25.1 Å². The summed E-state index contributed by atoms with van der Waals surface area (Å²) in [7, 11) is -3.40. The Labute approximate surface area is 145 Å². The van der Waals surface area contributed by atoms with Gasteiger partial charge in [0, 0.05) is 36.3 Å². The molecule has 0 N–H and O–H groups in total. The molecular formula is C17H19BrN2O2S. The lowest BCUT2D eigenvalue weighted by molar-refractivity contribution is 0.385. The average molecular weight is 395 g/mol. The zero-order valence-electron chi connectivity index (χ0n) is 12.9. The first-order valence-electron chi connectivity index (χ1n) is 7.54. The lowest BCUT2D eigenvalue weighted by Crippen LogP contribution is -2.48. The van der Waals surface area contributed by atoms with Gasteiger partial charge in [-0.1, -0.05) is 34.1 Å². The summed E-state index contributed by atoms with van der Waals surface area (Å²) in [5.74, 6) is 0. The highest BCUT2D eigenvalue weighted by molar-refractivity contribution is 9.10. The van der Waals surface area contributed by atoms with Gasteiger partial charge in [-0.3, -0.25) is 0 Å². The summed E-state index contributed by atoms with van der Waals surface area (Å²) in [6.45, 7) is 4.30. The Morgan fingerprint density at radius 2 is 1.65 bits per heavy atom. The molecule has 122 valence electrons. The molecule has 2 aromatic rings. The van der Waals surface area contributed by atoms with Gasteiger partial charge in [0.15, 0.2) is 0 Å². The van der Waals surface area contributed by atoms with Crippen LogP contribution in [-0.4, -0.2) is 38.9 Å². The van der Waals surface area contributed by atoms with Crippen LogP contribution in [0.4, 0.5) is 5.69 Å². The fourth-order valence-corrected chi connectivity index (χ4v) is 4.70. The molecule has 0 bridgehead atoms. The average Bonchev–Trinajstić information content (AvgIpc) is 2.55. The first-order valence-corrected chi connectivity index (χ1v) is 9.77. The van der Waals surface area contributed by atoms with Gasteiger partial charge in [0.2, 0.25) is 10.0 Å². The van der Waals surface area contributed by atoms with Crippen molar-refractivity contribution in [3.05, 3.63) is 58.6 Å². The molecule has 1 fully saturated rings. The molecular weight excluding hydrogens is 376 g/mol. The Morgan fingerprint density at radius 1 is 0.957 bits per heavy atom. The van der Waals surface area contributed by atoms with E-state index in [9.17, 15) is 8.42 Å². The van der Waals surface area contributed by atoms with Crippen LogP contribution in [0.3, 0.4) is 0 Å². The number of nitrogens with zero attached hydrogens (tertiary/aromatic N) is 2. The zero-order chi connectivity index (χ0) is 16.4. The molecule has 0 aromatic heterocycles. The molecule has 1 aliphatic rings. The maximum Gasteiger partial charge on any atom is 0.243 e. The Bertz CT molecular complexity index is 800. The molecule has 23 heavy (non-hydrogen) atoms. The summed E-state index contributed by atoms with van der Waals surface area (Å²) in [6.07, 6.45) is 0. The largest absolute Gasteiger partial charge is 0.369 e. The van der Waals surface area contributed by atoms with Gasteiger partial charge in [0.25, 0.3) is 0 Å². The van der Waals surface area contributed by atoms with E-state index in [-0.39, 0.29) is 0 Å². The second kappa shape index (κ2) is 6.63. The van der Waals surface area contributed by atoms with Crippen molar-refractivity contribution in [3.8, 4) is 0 Å². The molecule has 0 saturated carbocycles. The van der Waals surface area contributed by atoms with E-state index in [4.69, 9.17) is 0 Å². The van der Waals surface area contributed by atoms with E-state index in [2.05, 4.69) is 33.0 Å². The molecule has 0 amide bonds. The van der Waals surface area contributed by atoms with Crippen LogP contribution >= 0.6 is 15.9 Å². The molecule has 1 heterocycles. The molecule has 0 unspecified atom stereocenters. The molecule has 2 aromatic carbocycles. The minimum atomic E-state index is -3.40. The highest BCUT2D eigenvalue weighted by Gasteiger charge is 2.28. The SMILES string of the molecule is Cc1cccc(S(=O)(=O)N2CCN(c3cccc(Br)c3)CC2)c1. The van der Waals surface area contributed by atoms with E-state index < -0.39 is 10.0 Å². The van der Waals surface area contributed by atoms with Gasteiger partial charge in [-0.15, -0.1) is 0 Å². The van der Waals surface area contributed by atoms with E-state index in [1.54, 1.807) is 22.5 Å². The third kappa shape index (κ3) is 3.59. The van der Waals surface area contributed by atoms with Crippen molar-refractivity contribution in [1.82, 2.24) is 4.31 Å². The number of benzene rings is 2. The molecule has 0 spiro atoms. The van der Waals surface area contributed by atoms with Gasteiger partial charge in [-0.25, -0.2) is 8.42 Å². The van der Waals surface area contributed by atoms with Gasteiger partial charge in [0.05, 0.1) is 4.90 Å². The van der Waals surface area contributed by atoms with Gasteiger partial charge >= 0.3 is 0 Å². The number of halogens is 1. The number of rotatable bonds is 3. The van der Waals surface area contributed by atoms with Crippen LogP contribution in [-0.2, 0) is 10.0 Å². The minimum absolute atomic E-state index is 0.383. The number of anilines is 1. The van der Waals surface area contributed by atoms with Crippen molar-refractivity contribution in [2.75, 3.05) is 31.1 Å². The van der Waals surface area contributed by atoms with Gasteiger partial charge < -0.3 is 4.90 Å². The first kappa shape index (κ1) is 16.5. The van der Waals surface area contributed by atoms with Crippen LogP contribution in [0.15, 0.2) is 57.9 Å². The first-order chi connectivity index (χ1) is 11.0. The molecule has 4 nitrogen and oxygen atoms in total. The second-order valence-corrected chi connectivity index (χ2v) is 8.54. The number of aryl methyl sites for hydroxylation is 1. The lowest BCUT2D eigenvalue weighted by atomic mass is 10.2. The standard InChI is InChI=1S/C17H19BrN2O2S/c1-14-4-2-7-17(12-14)23(21,22)20-10-8-19(9-11-20)16-6-3-5-15(18)13-16/h2-7,12-13H,8-11H2,1H3. The topological polar surface area (TPSA) is 40.6 Å². The van der Waals surface area contributed by atoms with Crippen molar-refractivity contribution < 1.29 is 8.42 Å². The molecule has 0 aliphatic carbocycles. The minimum Gasteiger partial charge on any atom is -0.369 e. The van der Waals surface area contributed by atoms with Gasteiger partial charge in [-0.05, 0) is 42.8 Å². The van der Waals surface area contributed by atoms with E-state index in [0.717, 1.165) is 15.7 Å². The summed E-state index contributed by atoms with van der Waals surface area (Å²) < 4.78 is 28.1. The van der Waals surface area contributed by atoms with Crippen LogP contribution in [0, 0.1) is 6.92 Å². The summed E-state index contributed by atoms with van der Waals surface area (Å²) >= 11 is 3.48. The van der Waals surface area contributed by atoms with Crippen LogP contribution in [0.2, 0.25) is 0 Å². The van der Waals surface area contributed by atoms with Gasteiger partial charge in [-0.2, -0.15) is 4.31 Å². The van der Waals surface area contributed by atoms with Crippen molar-refractivity contribution in [2.45, 2.75) is 11.8 Å². The lowest BCUT2D eigenvalue weighted by Gasteiger charge is -2.35. The van der Waals surface area contributed by atoms with Gasteiger partial charge in [0.1, 0.15) is 0 Å². The normalized spacial score (nSPS) is 16.5. The number of piperazine rings is 1. The van der Waals surface area contributed by atoms with Crippen molar-refractivity contribution >= 4 is 31.6 Å². The van der Waals surface area contributed by atoms with Crippen molar-refractivity contribution in [2.24, 2.45) is 0 Å². The van der Waals surface area contributed by atoms with E-state index >= 15 is 0 Å². The Morgan fingerprint density at radius 3 is 2.30 bits per heavy atom. The summed E-state index contributed by atoms with van der Waals surface area (Å²) in [5.41, 5.74) is 2.07. The number of sulfonamides is 1. The number of hydrogen-bond donors (Lipinski definition) is 0. The highest BCUT2D eigenvalue weighted by atomic mass is 79.9. The summed E-state index contributed by atoms with van der Waals surface area (Å²) in [5, 5.41) is 0. The van der Waals surface area contributed by atoms with Crippen molar-refractivity contribution in [1.29, 1.82) is 0 Å². The van der Waals surface area contributed by atoms with E-state index in [0.29, 0.717) is 31.1 Å².